The van der Waals surface area contributed by atoms with Gasteiger partial charge in [0.25, 0.3) is 0 Å². The third kappa shape index (κ3) is 2.61. The fraction of sp³-hybridized carbons (Fsp3) is 0.333. The highest BCUT2D eigenvalue weighted by Gasteiger charge is 2.18. The van der Waals surface area contributed by atoms with E-state index in [1.54, 1.807) is 20.8 Å². The van der Waals surface area contributed by atoms with Gasteiger partial charge >= 0.3 is 0 Å². The molecule has 1 heterocycles. The maximum Gasteiger partial charge on any atom is 0.166 e. The highest BCUT2D eigenvalue weighted by atomic mass is 19.1. The normalized spacial score (nSPS) is 10.8. The minimum Gasteiger partial charge on any atom is -0.294 e. The molecule has 0 aliphatic heterocycles. The Balaban J connectivity index is 2.40. The van der Waals surface area contributed by atoms with Gasteiger partial charge in [0.1, 0.15) is 11.6 Å². The molecular formula is C15H16F2N2O. The second-order valence-electron chi connectivity index (χ2n) is 4.72. The van der Waals surface area contributed by atoms with Crippen LogP contribution in [0.5, 0.6) is 0 Å². The number of nitrogens with zero attached hydrogens (tertiary/aromatic N) is 2. The van der Waals surface area contributed by atoms with Crippen molar-refractivity contribution < 1.29 is 13.6 Å². The van der Waals surface area contributed by atoms with Crippen LogP contribution in [0, 0.1) is 25.5 Å². The average Bonchev–Trinajstić information content (AvgIpc) is 2.68. The molecule has 1 aromatic heterocycles. The van der Waals surface area contributed by atoms with Gasteiger partial charge in [-0.15, -0.1) is 0 Å². The van der Waals surface area contributed by atoms with Gasteiger partial charge in [0.15, 0.2) is 5.78 Å². The molecule has 2 rings (SSSR count). The summed E-state index contributed by atoms with van der Waals surface area (Å²) in [6.45, 7) is 5.40. The van der Waals surface area contributed by atoms with E-state index in [-0.39, 0.29) is 17.9 Å². The molecule has 3 nitrogen and oxygen atoms in total. The van der Waals surface area contributed by atoms with Gasteiger partial charge in [-0.25, -0.2) is 8.78 Å². The Hall–Kier alpha value is -2.04. The number of aromatic nitrogens is 2. The van der Waals surface area contributed by atoms with E-state index in [0.29, 0.717) is 23.4 Å². The number of carbonyl (C=O) groups excluding carboxylic acids is 1. The third-order valence-corrected chi connectivity index (χ3v) is 3.31. The number of rotatable bonds is 4. The Labute approximate surface area is 116 Å². The molecule has 0 N–H and O–H groups in total. The number of aryl methyl sites for hydroxylation is 1. The van der Waals surface area contributed by atoms with Crippen LogP contribution in [0.3, 0.4) is 0 Å². The summed E-state index contributed by atoms with van der Waals surface area (Å²) in [5, 5.41) is 4.25. The van der Waals surface area contributed by atoms with Crippen molar-refractivity contribution in [3.63, 3.8) is 0 Å². The summed E-state index contributed by atoms with van der Waals surface area (Å²) in [7, 11) is 0. The van der Waals surface area contributed by atoms with Gasteiger partial charge in [0, 0.05) is 17.7 Å². The molecule has 0 atom stereocenters. The van der Waals surface area contributed by atoms with E-state index in [4.69, 9.17) is 0 Å². The van der Waals surface area contributed by atoms with Gasteiger partial charge in [-0.05, 0) is 32.0 Å². The van der Waals surface area contributed by atoms with Crippen LogP contribution in [-0.2, 0) is 6.54 Å². The Bertz CT molecular complexity index is 662. The zero-order chi connectivity index (χ0) is 14.9. The molecule has 0 saturated heterocycles. The highest BCUT2D eigenvalue weighted by Crippen LogP contribution is 2.18. The predicted molar refractivity (Wildman–Crippen MR) is 71.8 cm³/mol. The molecule has 1 aromatic carbocycles. The molecule has 0 saturated carbocycles. The summed E-state index contributed by atoms with van der Waals surface area (Å²) < 4.78 is 28.3. The van der Waals surface area contributed by atoms with E-state index in [1.165, 1.54) is 4.68 Å². The van der Waals surface area contributed by atoms with E-state index in [9.17, 15) is 13.6 Å². The molecular weight excluding hydrogens is 262 g/mol. The number of hydrogen-bond acceptors (Lipinski definition) is 2. The fourth-order valence-electron chi connectivity index (χ4n) is 2.26. The Morgan fingerprint density at radius 2 is 2.00 bits per heavy atom. The highest BCUT2D eigenvalue weighted by molar-refractivity contribution is 5.97. The lowest BCUT2D eigenvalue weighted by molar-refractivity contribution is 0.0987. The summed E-state index contributed by atoms with van der Waals surface area (Å²) in [6, 6.07) is 3.31. The molecule has 0 spiro atoms. The van der Waals surface area contributed by atoms with Crippen molar-refractivity contribution in [3.05, 3.63) is 52.3 Å². The van der Waals surface area contributed by atoms with E-state index in [1.807, 2.05) is 0 Å². The van der Waals surface area contributed by atoms with Gasteiger partial charge in [-0.3, -0.25) is 9.48 Å². The van der Waals surface area contributed by atoms with Crippen LogP contribution in [-0.4, -0.2) is 15.6 Å². The zero-order valence-corrected chi connectivity index (χ0v) is 11.7. The molecule has 0 bridgehead atoms. The SMILES string of the molecule is CCC(=O)c1c(C)nn(Cc2cc(F)ccc2F)c1C. The third-order valence-electron chi connectivity index (χ3n) is 3.31. The van der Waals surface area contributed by atoms with Gasteiger partial charge in [-0.1, -0.05) is 6.92 Å². The van der Waals surface area contributed by atoms with E-state index < -0.39 is 11.6 Å². The van der Waals surface area contributed by atoms with Crippen LogP contribution in [0.2, 0.25) is 0 Å². The lowest BCUT2D eigenvalue weighted by Gasteiger charge is -2.06. The quantitative estimate of drug-likeness (QED) is 0.803. The molecule has 0 fully saturated rings. The topological polar surface area (TPSA) is 34.9 Å². The molecule has 0 amide bonds. The second-order valence-corrected chi connectivity index (χ2v) is 4.72. The first kappa shape index (κ1) is 14.4. The van der Waals surface area contributed by atoms with Crippen LogP contribution >= 0.6 is 0 Å². The van der Waals surface area contributed by atoms with Crippen LogP contribution in [0.1, 0.15) is 40.7 Å². The van der Waals surface area contributed by atoms with E-state index >= 15 is 0 Å². The first-order valence-corrected chi connectivity index (χ1v) is 6.45. The van der Waals surface area contributed by atoms with Crippen molar-refractivity contribution in [2.75, 3.05) is 0 Å². The van der Waals surface area contributed by atoms with Gasteiger partial charge < -0.3 is 0 Å². The minimum atomic E-state index is -0.493. The molecule has 0 radical (unpaired) electrons. The van der Waals surface area contributed by atoms with E-state index in [0.717, 1.165) is 18.2 Å². The lowest BCUT2D eigenvalue weighted by atomic mass is 10.1. The summed E-state index contributed by atoms with van der Waals surface area (Å²) in [5.41, 5.74) is 2.08. The second kappa shape index (κ2) is 5.53. The van der Waals surface area contributed by atoms with Crippen molar-refractivity contribution in [1.29, 1.82) is 0 Å². The maximum atomic E-state index is 13.6. The number of carbonyl (C=O) groups is 1. The zero-order valence-electron chi connectivity index (χ0n) is 11.7. The van der Waals surface area contributed by atoms with Crippen molar-refractivity contribution in [2.45, 2.75) is 33.7 Å². The number of hydrogen-bond donors (Lipinski definition) is 0. The first-order chi connectivity index (χ1) is 9.43. The molecule has 0 aliphatic rings. The van der Waals surface area contributed by atoms with Crippen LogP contribution in [0.15, 0.2) is 18.2 Å². The Morgan fingerprint density at radius 1 is 1.30 bits per heavy atom. The van der Waals surface area contributed by atoms with Crippen molar-refractivity contribution in [3.8, 4) is 0 Å². The smallest absolute Gasteiger partial charge is 0.166 e. The monoisotopic (exact) mass is 278 g/mol. The summed E-state index contributed by atoms with van der Waals surface area (Å²) >= 11 is 0. The maximum absolute atomic E-state index is 13.6. The van der Waals surface area contributed by atoms with Crippen LogP contribution in [0.4, 0.5) is 8.78 Å². The average molecular weight is 278 g/mol. The van der Waals surface area contributed by atoms with Crippen molar-refractivity contribution in [2.24, 2.45) is 0 Å². The standard InChI is InChI=1S/C15H16F2N2O/c1-4-14(20)15-9(2)18-19(10(15)3)8-11-7-12(16)5-6-13(11)17/h5-7H,4,8H2,1-3H3. The van der Waals surface area contributed by atoms with Gasteiger partial charge in [0.05, 0.1) is 17.8 Å². The number of benzene rings is 1. The van der Waals surface area contributed by atoms with Gasteiger partial charge in [-0.2, -0.15) is 5.10 Å². The van der Waals surface area contributed by atoms with Crippen LogP contribution in [0.25, 0.3) is 0 Å². The lowest BCUT2D eigenvalue weighted by Crippen LogP contribution is -2.07. The molecule has 0 unspecified atom stereocenters. The predicted octanol–water partition coefficient (Wildman–Crippen LogP) is 3.42. The molecule has 20 heavy (non-hydrogen) atoms. The first-order valence-electron chi connectivity index (χ1n) is 6.45. The number of Topliss-reactive ketones (excluding diaryl/α,β-unsaturated/α-hetero) is 1. The summed E-state index contributed by atoms with van der Waals surface area (Å²) in [4.78, 5) is 11.9. The Kier molecular flexibility index (Phi) is 3.97. The van der Waals surface area contributed by atoms with E-state index in [2.05, 4.69) is 5.10 Å². The van der Waals surface area contributed by atoms with Crippen molar-refractivity contribution in [1.82, 2.24) is 9.78 Å². The molecule has 0 aliphatic carbocycles. The van der Waals surface area contributed by atoms with Crippen LogP contribution < -0.4 is 0 Å². The molecule has 2 aromatic rings. The molecule has 106 valence electrons. The fourth-order valence-corrected chi connectivity index (χ4v) is 2.26. The minimum absolute atomic E-state index is 0.00552. The van der Waals surface area contributed by atoms with Gasteiger partial charge in [0.2, 0.25) is 0 Å². The largest absolute Gasteiger partial charge is 0.294 e. The summed E-state index contributed by atoms with van der Waals surface area (Å²) in [6.07, 6.45) is 0.391. The summed E-state index contributed by atoms with van der Waals surface area (Å²) in [5.74, 6) is -0.971. The Morgan fingerprint density at radius 3 is 2.65 bits per heavy atom. The number of halogens is 2. The molecule has 5 heteroatoms. The van der Waals surface area contributed by atoms with Crippen molar-refractivity contribution >= 4 is 5.78 Å². The number of ketones is 1.